The van der Waals surface area contributed by atoms with E-state index in [0.717, 1.165) is 89.1 Å². The molecular formula is C47H59N9O3S. The summed E-state index contributed by atoms with van der Waals surface area (Å²) in [6.07, 6.45) is 15.2. The topological polar surface area (TPSA) is 134 Å². The molecule has 5 atom stereocenters. The van der Waals surface area contributed by atoms with Crippen LogP contribution in [0, 0.1) is 40.9 Å². The SMILES string of the molecule is COCCCN(C)CCCC12CC3(C)CC4(Cn5ncc(-c6ccc(N7CCCc8c7nnc(Nc7nc9ccccc9s7)c8C)nc6C(=O)O)c5C)CC(C)(C1)C2(C3)C4. The number of benzene rings is 1. The van der Waals surface area contributed by atoms with Gasteiger partial charge in [-0.2, -0.15) is 5.10 Å². The van der Waals surface area contributed by atoms with Gasteiger partial charge in [-0.15, -0.1) is 10.2 Å². The lowest BCUT2D eigenvalue weighted by Crippen LogP contribution is -2.58. The van der Waals surface area contributed by atoms with Crippen molar-refractivity contribution < 1.29 is 14.6 Å². The standard InChI is InChI=1S/C47H59N9O3S/c1-30-32-12-9-20-55(40(32)53-52-39(30)51-42-49-35-13-7-8-14-36(35)60-42)37-16-15-33(38(50-37)41(57)58)34-22-48-56(31(34)2)29-45-23-43(3)24-46(17-10-18-54(5)19-11-21-59-6)27-44(4,26-45)47(46,25-43)28-45/h7-8,13-16,22H,9-12,17-21,23-29H2,1-6H3,(H,57,58)(H,49,51,52). The third-order valence-electron chi connectivity index (χ3n) is 15.9. The Labute approximate surface area is 357 Å². The molecule has 4 fully saturated rings. The van der Waals surface area contributed by atoms with E-state index in [1.807, 2.05) is 41.4 Å². The van der Waals surface area contributed by atoms with E-state index in [4.69, 9.17) is 19.8 Å². The van der Waals surface area contributed by atoms with Crippen molar-refractivity contribution in [1.82, 2.24) is 34.8 Å². The van der Waals surface area contributed by atoms with Crippen molar-refractivity contribution in [3.8, 4) is 11.1 Å². The van der Waals surface area contributed by atoms with Crippen LogP contribution in [0.2, 0.25) is 0 Å². The fourth-order valence-corrected chi connectivity index (χ4v) is 15.1. The first kappa shape index (κ1) is 39.7. The number of hydrogen-bond acceptors (Lipinski definition) is 11. The first-order chi connectivity index (χ1) is 28.8. The van der Waals surface area contributed by atoms with E-state index in [2.05, 4.69) is 65.9 Å². The van der Waals surface area contributed by atoms with E-state index < -0.39 is 5.97 Å². The average Bonchev–Trinajstić information content (AvgIpc) is 3.87. The number of rotatable bonds is 15. The molecule has 5 heterocycles. The number of nitrogens with one attached hydrogen (secondary N) is 1. The maximum Gasteiger partial charge on any atom is 0.355 e. The Hall–Kier alpha value is -4.46. The molecule has 1 aromatic carbocycles. The number of hydrogen-bond donors (Lipinski definition) is 2. The van der Waals surface area contributed by atoms with E-state index in [-0.39, 0.29) is 11.1 Å². The van der Waals surface area contributed by atoms with Gasteiger partial charge in [0, 0.05) is 61.3 Å². The van der Waals surface area contributed by atoms with E-state index >= 15 is 0 Å². The van der Waals surface area contributed by atoms with Crippen LogP contribution in [0.1, 0.15) is 105 Å². The fourth-order valence-electron chi connectivity index (χ4n) is 14.2. The molecule has 4 aromatic heterocycles. The molecule has 0 amide bonds. The number of carboxylic acid groups (broad SMARTS) is 1. The molecule has 0 radical (unpaired) electrons. The van der Waals surface area contributed by atoms with Crippen LogP contribution in [0.4, 0.5) is 22.6 Å². The van der Waals surface area contributed by atoms with Gasteiger partial charge < -0.3 is 25.0 Å². The Morgan fingerprint density at radius 1 is 0.983 bits per heavy atom. The predicted octanol–water partition coefficient (Wildman–Crippen LogP) is 9.60. The molecule has 3 bridgehead atoms. The minimum Gasteiger partial charge on any atom is -0.476 e. The third kappa shape index (κ3) is 6.19. The number of ether oxygens (including phenoxy) is 1. The van der Waals surface area contributed by atoms with Gasteiger partial charge in [0.2, 0.25) is 0 Å². The Morgan fingerprint density at radius 2 is 1.82 bits per heavy atom. The zero-order valence-electron chi connectivity index (χ0n) is 36.1. The van der Waals surface area contributed by atoms with Crippen LogP contribution < -0.4 is 10.2 Å². The van der Waals surface area contributed by atoms with Gasteiger partial charge in [0.15, 0.2) is 22.5 Å². The number of pyridine rings is 1. The summed E-state index contributed by atoms with van der Waals surface area (Å²) in [6.45, 7) is 14.0. The zero-order valence-corrected chi connectivity index (χ0v) is 36.9. The van der Waals surface area contributed by atoms with E-state index in [1.165, 1.54) is 51.4 Å². The van der Waals surface area contributed by atoms with Crippen LogP contribution >= 0.6 is 11.3 Å². The number of para-hydroxylation sites is 1. The van der Waals surface area contributed by atoms with Gasteiger partial charge in [-0.05, 0) is 149 Å². The Bertz CT molecular complexity index is 2470. The lowest BCUT2D eigenvalue weighted by Gasteiger charge is -2.66. The summed E-state index contributed by atoms with van der Waals surface area (Å²) in [7, 11) is 4.05. The lowest BCUT2D eigenvalue weighted by molar-refractivity contribution is -0.174. The summed E-state index contributed by atoms with van der Waals surface area (Å²) < 4.78 is 8.60. The highest BCUT2D eigenvalue weighted by Gasteiger charge is 2.83. The van der Waals surface area contributed by atoms with Crippen LogP contribution in [0.15, 0.2) is 42.6 Å². The number of carbonyl (C=O) groups is 1. The molecule has 5 aliphatic rings. The molecule has 12 nitrogen and oxygen atoms in total. The van der Waals surface area contributed by atoms with Crippen LogP contribution in [-0.4, -0.2) is 86.3 Å². The summed E-state index contributed by atoms with van der Waals surface area (Å²) in [5.41, 5.74) is 7.34. The molecule has 4 aliphatic carbocycles. The Morgan fingerprint density at radius 3 is 2.63 bits per heavy atom. The maximum absolute atomic E-state index is 13.0. The van der Waals surface area contributed by atoms with Gasteiger partial charge in [0.05, 0.1) is 16.4 Å². The van der Waals surface area contributed by atoms with Crippen molar-refractivity contribution in [1.29, 1.82) is 0 Å². The molecule has 1 spiro atoms. The monoisotopic (exact) mass is 829 g/mol. The molecule has 5 unspecified atom stereocenters. The lowest BCUT2D eigenvalue weighted by atomic mass is 9.38. The number of nitrogens with zero attached hydrogens (tertiary/aromatic N) is 8. The molecule has 10 rings (SSSR count). The second-order valence-electron chi connectivity index (χ2n) is 20.1. The number of methoxy groups -OCH3 is 1. The molecule has 4 saturated carbocycles. The summed E-state index contributed by atoms with van der Waals surface area (Å²) >= 11 is 1.59. The van der Waals surface area contributed by atoms with E-state index in [9.17, 15) is 9.90 Å². The predicted molar refractivity (Wildman–Crippen MR) is 237 cm³/mol. The van der Waals surface area contributed by atoms with Crippen LogP contribution in [0.3, 0.4) is 0 Å². The molecule has 0 saturated heterocycles. The van der Waals surface area contributed by atoms with Crippen LogP contribution in [-0.2, 0) is 17.7 Å². The Kier molecular flexibility index (Phi) is 9.46. The van der Waals surface area contributed by atoms with Crippen molar-refractivity contribution in [3.63, 3.8) is 0 Å². The van der Waals surface area contributed by atoms with E-state index in [0.29, 0.717) is 45.4 Å². The highest BCUT2D eigenvalue weighted by atomic mass is 32.1. The second-order valence-corrected chi connectivity index (χ2v) is 21.1. The number of aromatic nitrogens is 6. The molecule has 2 N–H and O–H groups in total. The Balaban J connectivity index is 0.879. The summed E-state index contributed by atoms with van der Waals surface area (Å²) in [6, 6.07) is 11.9. The number of thiazole rings is 1. The van der Waals surface area contributed by atoms with Crippen molar-refractivity contribution in [2.75, 3.05) is 50.6 Å². The largest absolute Gasteiger partial charge is 0.476 e. The third-order valence-corrected chi connectivity index (χ3v) is 16.8. The first-order valence-corrected chi connectivity index (χ1v) is 22.8. The first-order valence-electron chi connectivity index (χ1n) is 22.0. The molecule has 60 heavy (non-hydrogen) atoms. The average molecular weight is 830 g/mol. The number of aromatic carboxylic acids is 1. The van der Waals surface area contributed by atoms with Crippen molar-refractivity contribution >= 4 is 50.1 Å². The fraction of sp³-hybridized carbons (Fsp3) is 0.574. The minimum absolute atomic E-state index is 0.0295. The molecule has 1 aliphatic heterocycles. The zero-order chi connectivity index (χ0) is 41.7. The van der Waals surface area contributed by atoms with Crippen molar-refractivity contribution in [2.24, 2.45) is 27.1 Å². The van der Waals surface area contributed by atoms with Crippen molar-refractivity contribution in [3.05, 3.63) is 65.1 Å². The highest BCUT2D eigenvalue weighted by molar-refractivity contribution is 7.22. The molecule has 5 aromatic rings. The van der Waals surface area contributed by atoms with Gasteiger partial charge in [-0.3, -0.25) is 4.68 Å². The van der Waals surface area contributed by atoms with Crippen LogP contribution in [0.5, 0.6) is 0 Å². The molecular weight excluding hydrogens is 771 g/mol. The normalized spacial score (nSPS) is 28.7. The number of carboxylic acids is 1. The smallest absolute Gasteiger partial charge is 0.355 e. The van der Waals surface area contributed by atoms with Gasteiger partial charge >= 0.3 is 5.97 Å². The van der Waals surface area contributed by atoms with E-state index in [1.54, 1.807) is 18.4 Å². The second kappa shape index (κ2) is 14.3. The summed E-state index contributed by atoms with van der Waals surface area (Å²) in [5.74, 6) is 0.901. The summed E-state index contributed by atoms with van der Waals surface area (Å²) in [4.78, 5) is 27.0. The van der Waals surface area contributed by atoms with Gasteiger partial charge in [0.25, 0.3) is 0 Å². The van der Waals surface area contributed by atoms with Gasteiger partial charge in [-0.25, -0.2) is 14.8 Å². The quantitative estimate of drug-likeness (QED) is 0.0978. The van der Waals surface area contributed by atoms with Crippen LogP contribution in [0.25, 0.3) is 21.3 Å². The number of anilines is 4. The van der Waals surface area contributed by atoms with Gasteiger partial charge in [-0.1, -0.05) is 37.3 Å². The molecule has 13 heteroatoms. The summed E-state index contributed by atoms with van der Waals surface area (Å²) in [5, 5.41) is 29.1. The maximum atomic E-state index is 13.0. The van der Waals surface area contributed by atoms with Gasteiger partial charge in [0.1, 0.15) is 5.82 Å². The minimum atomic E-state index is -1.05. The highest BCUT2D eigenvalue weighted by Crippen LogP contribution is 2.92. The van der Waals surface area contributed by atoms with Crippen molar-refractivity contribution in [2.45, 2.75) is 105 Å². The molecule has 316 valence electrons. The number of fused-ring (bicyclic) bond motifs is 4.